The Hall–Kier alpha value is -1.30. The van der Waals surface area contributed by atoms with Crippen LogP contribution in [0.5, 0.6) is 0 Å². The van der Waals surface area contributed by atoms with Crippen molar-refractivity contribution in [3.63, 3.8) is 0 Å². The maximum atomic E-state index is 12.5. The Morgan fingerprint density at radius 1 is 1.33 bits per heavy atom. The van der Waals surface area contributed by atoms with Crippen LogP contribution in [0.2, 0.25) is 0 Å². The molecule has 6 nitrogen and oxygen atoms in total. The Morgan fingerprint density at radius 3 is 2.52 bits per heavy atom. The molecule has 0 aromatic heterocycles. The summed E-state index contributed by atoms with van der Waals surface area (Å²) >= 11 is 0. The quantitative estimate of drug-likeness (QED) is 0.298. The minimum Gasteiger partial charge on any atom is -0.409 e. The normalized spacial score (nSPS) is 22.9. The number of likely N-dealkylation sites (N-methyl/N-ethyl adjacent to an activating group) is 1. The first-order valence-corrected chi connectivity index (χ1v) is 8.07. The van der Waals surface area contributed by atoms with Crippen LogP contribution in [0.15, 0.2) is 5.16 Å². The van der Waals surface area contributed by atoms with Crippen LogP contribution in [0, 0.1) is 5.41 Å². The number of carbonyl (C=O) groups excluding carboxylic acids is 1. The van der Waals surface area contributed by atoms with Gasteiger partial charge in [0, 0.05) is 19.1 Å². The van der Waals surface area contributed by atoms with Crippen LogP contribution >= 0.6 is 0 Å². The third-order valence-corrected chi connectivity index (χ3v) is 5.19. The summed E-state index contributed by atoms with van der Waals surface area (Å²) in [7, 11) is 2.12. The van der Waals surface area contributed by atoms with E-state index in [1.165, 1.54) is 25.7 Å². The predicted octanol–water partition coefficient (Wildman–Crippen LogP) is 1.28. The fraction of sp³-hybridized carbons (Fsp3) is 0.867. The number of oxime groups is 1. The second-order valence-corrected chi connectivity index (χ2v) is 6.45. The second-order valence-electron chi connectivity index (χ2n) is 6.45. The van der Waals surface area contributed by atoms with Gasteiger partial charge in [0.15, 0.2) is 5.84 Å². The van der Waals surface area contributed by atoms with Gasteiger partial charge < -0.3 is 21.2 Å². The molecule has 0 heterocycles. The lowest BCUT2D eigenvalue weighted by molar-refractivity contribution is -0.127. The fourth-order valence-electron chi connectivity index (χ4n) is 3.72. The predicted molar refractivity (Wildman–Crippen MR) is 82.2 cm³/mol. The number of amides is 1. The number of amidine groups is 1. The Bertz CT molecular complexity index is 385. The molecule has 120 valence electrons. The van der Waals surface area contributed by atoms with E-state index in [1.807, 2.05) is 0 Å². The van der Waals surface area contributed by atoms with E-state index in [1.54, 1.807) is 0 Å². The number of rotatable bonds is 6. The summed E-state index contributed by atoms with van der Waals surface area (Å²) in [5, 5.41) is 15.0. The van der Waals surface area contributed by atoms with Crippen molar-refractivity contribution in [3.05, 3.63) is 0 Å². The molecule has 4 N–H and O–H groups in total. The lowest BCUT2D eigenvalue weighted by Gasteiger charge is -2.28. The Morgan fingerprint density at radius 2 is 1.95 bits per heavy atom. The van der Waals surface area contributed by atoms with Crippen LogP contribution in [0.3, 0.4) is 0 Å². The summed E-state index contributed by atoms with van der Waals surface area (Å²) < 4.78 is 0. The van der Waals surface area contributed by atoms with Gasteiger partial charge in [0.2, 0.25) is 5.91 Å². The summed E-state index contributed by atoms with van der Waals surface area (Å²) in [6, 6.07) is 0.659. The van der Waals surface area contributed by atoms with Crippen molar-refractivity contribution >= 4 is 11.7 Å². The Kier molecular flexibility index (Phi) is 5.45. The minimum atomic E-state index is -0.791. The molecule has 2 rings (SSSR count). The lowest BCUT2D eigenvalue weighted by Crippen LogP contribution is -2.49. The molecule has 0 atom stereocenters. The van der Waals surface area contributed by atoms with Gasteiger partial charge in [0.1, 0.15) is 5.41 Å². The zero-order valence-electron chi connectivity index (χ0n) is 13.0. The highest BCUT2D eigenvalue weighted by Gasteiger charge is 2.45. The highest BCUT2D eigenvalue weighted by Crippen LogP contribution is 2.38. The number of nitrogens with one attached hydrogen (secondary N) is 1. The van der Waals surface area contributed by atoms with E-state index in [0.717, 1.165) is 19.4 Å². The summed E-state index contributed by atoms with van der Waals surface area (Å²) in [6.45, 7) is 1.47. The van der Waals surface area contributed by atoms with Crippen molar-refractivity contribution in [2.24, 2.45) is 16.3 Å². The minimum absolute atomic E-state index is 0.0571. The highest BCUT2D eigenvalue weighted by molar-refractivity contribution is 6.07. The molecule has 21 heavy (non-hydrogen) atoms. The maximum absolute atomic E-state index is 12.5. The van der Waals surface area contributed by atoms with Gasteiger partial charge >= 0.3 is 0 Å². The highest BCUT2D eigenvalue weighted by atomic mass is 16.4. The third-order valence-electron chi connectivity index (χ3n) is 5.19. The van der Waals surface area contributed by atoms with Gasteiger partial charge in [0.25, 0.3) is 0 Å². The first-order chi connectivity index (χ1) is 10.1. The fourth-order valence-corrected chi connectivity index (χ4v) is 3.72. The van der Waals surface area contributed by atoms with Gasteiger partial charge in [0.05, 0.1) is 0 Å². The Labute approximate surface area is 126 Å². The topological polar surface area (TPSA) is 91.0 Å². The molecule has 0 unspecified atom stereocenters. The van der Waals surface area contributed by atoms with Crippen molar-refractivity contribution in [1.29, 1.82) is 0 Å². The van der Waals surface area contributed by atoms with Gasteiger partial charge in [-0.05, 0) is 32.7 Å². The molecule has 2 aliphatic carbocycles. The molecule has 2 fully saturated rings. The van der Waals surface area contributed by atoms with Gasteiger partial charge in [-0.25, -0.2) is 0 Å². The molecule has 0 aliphatic heterocycles. The monoisotopic (exact) mass is 296 g/mol. The molecule has 1 amide bonds. The van der Waals surface area contributed by atoms with Crippen LogP contribution in [-0.2, 0) is 4.79 Å². The first kappa shape index (κ1) is 16.1. The standard InChI is InChI=1S/C15H28N4O2/c1-19(12-6-2-3-7-12)11-10-17-14(20)15(13(16)18-21)8-4-5-9-15/h12,21H,2-11H2,1H3,(H2,16,18)(H,17,20). The van der Waals surface area contributed by atoms with Crippen LogP contribution < -0.4 is 11.1 Å². The average Bonchev–Trinajstić information content (AvgIpc) is 3.17. The SMILES string of the molecule is CN(CCNC(=O)C1(C(N)=NO)CCCC1)C1CCCC1. The van der Waals surface area contributed by atoms with Crippen LogP contribution in [0.1, 0.15) is 51.4 Å². The molecule has 0 radical (unpaired) electrons. The van der Waals surface area contributed by atoms with E-state index in [2.05, 4.69) is 22.4 Å². The summed E-state index contributed by atoms with van der Waals surface area (Å²) in [4.78, 5) is 14.8. The number of carbonyl (C=O) groups is 1. The average molecular weight is 296 g/mol. The zero-order chi connectivity index (χ0) is 15.3. The third kappa shape index (κ3) is 3.48. The van der Waals surface area contributed by atoms with Crippen LogP contribution in [-0.4, -0.2) is 48.0 Å². The molecule has 0 saturated heterocycles. The first-order valence-electron chi connectivity index (χ1n) is 8.07. The summed E-state index contributed by atoms with van der Waals surface area (Å²) in [6.07, 6.45) is 8.40. The second kappa shape index (κ2) is 7.11. The number of nitrogens with two attached hydrogens (primary N) is 1. The molecule has 0 bridgehead atoms. The summed E-state index contributed by atoms with van der Waals surface area (Å²) in [5.41, 5.74) is 4.98. The van der Waals surface area contributed by atoms with Gasteiger partial charge in [-0.15, -0.1) is 0 Å². The van der Waals surface area contributed by atoms with Crippen molar-refractivity contribution in [2.75, 3.05) is 20.1 Å². The smallest absolute Gasteiger partial charge is 0.233 e. The molecular weight excluding hydrogens is 268 g/mol. The van der Waals surface area contributed by atoms with E-state index >= 15 is 0 Å². The molecule has 0 spiro atoms. The molecule has 2 aliphatic rings. The largest absolute Gasteiger partial charge is 0.409 e. The van der Waals surface area contributed by atoms with Gasteiger partial charge in [-0.2, -0.15) is 0 Å². The van der Waals surface area contributed by atoms with Crippen molar-refractivity contribution in [3.8, 4) is 0 Å². The van der Waals surface area contributed by atoms with Crippen LogP contribution in [0.25, 0.3) is 0 Å². The molecule has 2 saturated carbocycles. The zero-order valence-corrected chi connectivity index (χ0v) is 13.0. The van der Waals surface area contributed by atoms with Crippen molar-refractivity contribution in [2.45, 2.75) is 57.4 Å². The number of nitrogens with zero attached hydrogens (tertiary/aromatic N) is 2. The lowest BCUT2D eigenvalue weighted by atomic mass is 9.84. The van der Waals surface area contributed by atoms with Gasteiger partial charge in [-0.1, -0.05) is 30.8 Å². The van der Waals surface area contributed by atoms with E-state index in [9.17, 15) is 4.79 Å². The van der Waals surface area contributed by atoms with Crippen molar-refractivity contribution < 1.29 is 10.0 Å². The molecule has 0 aromatic rings. The van der Waals surface area contributed by atoms with E-state index in [-0.39, 0.29) is 11.7 Å². The molecular formula is C15H28N4O2. The van der Waals surface area contributed by atoms with E-state index in [4.69, 9.17) is 10.9 Å². The number of hydrogen-bond donors (Lipinski definition) is 3. The van der Waals surface area contributed by atoms with Crippen molar-refractivity contribution in [1.82, 2.24) is 10.2 Å². The molecule has 6 heteroatoms. The Balaban J connectivity index is 1.82. The molecule has 0 aromatic carbocycles. The van der Waals surface area contributed by atoms with E-state index in [0.29, 0.717) is 25.4 Å². The maximum Gasteiger partial charge on any atom is 0.233 e. The summed E-state index contributed by atoms with van der Waals surface area (Å²) in [5.74, 6) is -0.0308. The van der Waals surface area contributed by atoms with Gasteiger partial charge in [-0.3, -0.25) is 4.79 Å². The number of hydrogen-bond acceptors (Lipinski definition) is 4. The van der Waals surface area contributed by atoms with E-state index < -0.39 is 5.41 Å². The van der Waals surface area contributed by atoms with Crippen LogP contribution in [0.4, 0.5) is 0 Å².